The molecule has 0 aromatic heterocycles. The fourth-order valence-electron chi connectivity index (χ4n) is 3.94. The van der Waals surface area contributed by atoms with Crippen molar-refractivity contribution in [1.82, 2.24) is 4.90 Å². The first-order valence-electron chi connectivity index (χ1n) is 7.86. The van der Waals surface area contributed by atoms with Crippen LogP contribution < -0.4 is 5.73 Å². The van der Waals surface area contributed by atoms with E-state index in [-0.39, 0.29) is 11.8 Å². The number of likely N-dealkylation sites (tertiary alicyclic amines) is 1. The van der Waals surface area contributed by atoms with Crippen LogP contribution in [0.2, 0.25) is 0 Å². The number of rotatable bonds is 3. The zero-order valence-electron chi connectivity index (χ0n) is 12.0. The molecule has 1 aromatic rings. The van der Waals surface area contributed by atoms with Gasteiger partial charge in [0.2, 0.25) is 5.91 Å². The molecule has 0 spiro atoms. The average molecular weight is 272 g/mol. The molecule has 0 bridgehead atoms. The van der Waals surface area contributed by atoms with E-state index in [2.05, 4.69) is 4.90 Å². The lowest BCUT2D eigenvalue weighted by Gasteiger charge is -2.33. The number of hydrogen-bond acceptors (Lipinski definition) is 2. The van der Waals surface area contributed by atoms with Crippen LogP contribution >= 0.6 is 0 Å². The molecule has 1 amide bonds. The third-order valence-electron chi connectivity index (χ3n) is 5.03. The van der Waals surface area contributed by atoms with Gasteiger partial charge in [-0.3, -0.25) is 4.79 Å². The van der Waals surface area contributed by atoms with Gasteiger partial charge in [0.1, 0.15) is 0 Å². The third-order valence-corrected chi connectivity index (χ3v) is 5.03. The number of hydrogen-bond donors (Lipinski definition) is 1. The predicted molar refractivity (Wildman–Crippen MR) is 80.3 cm³/mol. The van der Waals surface area contributed by atoms with Crippen LogP contribution in [0.4, 0.5) is 0 Å². The summed E-state index contributed by atoms with van der Waals surface area (Å²) < 4.78 is 0. The normalized spacial score (nSPS) is 27.1. The maximum atomic E-state index is 12.9. The average Bonchev–Trinajstić information content (AvgIpc) is 2.93. The number of benzene rings is 1. The Bertz CT molecular complexity index is 459. The highest BCUT2D eigenvalue weighted by atomic mass is 16.2. The first-order valence-corrected chi connectivity index (χ1v) is 7.86. The van der Waals surface area contributed by atoms with E-state index in [4.69, 9.17) is 5.73 Å². The Hall–Kier alpha value is -1.35. The molecule has 1 heterocycles. The zero-order valence-corrected chi connectivity index (χ0v) is 12.0. The monoisotopic (exact) mass is 272 g/mol. The molecule has 2 aliphatic rings. The Morgan fingerprint density at radius 2 is 1.95 bits per heavy atom. The second-order valence-electron chi connectivity index (χ2n) is 6.13. The Kier molecular flexibility index (Phi) is 4.06. The lowest BCUT2D eigenvalue weighted by Crippen LogP contribution is -2.43. The fourth-order valence-corrected chi connectivity index (χ4v) is 3.94. The van der Waals surface area contributed by atoms with Gasteiger partial charge in [0.25, 0.3) is 0 Å². The van der Waals surface area contributed by atoms with Gasteiger partial charge in [-0.05, 0) is 30.7 Å². The molecule has 3 nitrogen and oxygen atoms in total. The van der Waals surface area contributed by atoms with Crippen molar-refractivity contribution in [2.45, 2.75) is 44.1 Å². The van der Waals surface area contributed by atoms with E-state index in [0.717, 1.165) is 18.0 Å². The van der Waals surface area contributed by atoms with Gasteiger partial charge in [-0.15, -0.1) is 0 Å². The molecule has 1 saturated carbocycles. The van der Waals surface area contributed by atoms with E-state index in [1.165, 1.54) is 32.1 Å². The molecule has 3 heteroatoms. The van der Waals surface area contributed by atoms with E-state index in [1.54, 1.807) is 0 Å². The number of carbonyl (C=O) groups excluding carboxylic acids is 1. The van der Waals surface area contributed by atoms with Crippen LogP contribution in [0.1, 0.15) is 43.6 Å². The molecule has 1 saturated heterocycles. The highest BCUT2D eigenvalue weighted by molar-refractivity contribution is 5.84. The van der Waals surface area contributed by atoms with Crippen LogP contribution in [0, 0.1) is 5.92 Å². The standard InChI is InChI=1S/C17H24N2O/c18-12-15(13-6-2-1-3-7-13)17(20)19-11-10-14-8-4-5-9-16(14)19/h1-3,6-7,14-16H,4-5,8-12,18H2. The van der Waals surface area contributed by atoms with Gasteiger partial charge in [0.05, 0.1) is 5.92 Å². The maximum Gasteiger partial charge on any atom is 0.231 e. The maximum absolute atomic E-state index is 12.9. The van der Waals surface area contributed by atoms with Gasteiger partial charge in [0, 0.05) is 19.1 Å². The molecule has 0 radical (unpaired) electrons. The van der Waals surface area contributed by atoms with Crippen LogP contribution in [0.3, 0.4) is 0 Å². The highest BCUT2D eigenvalue weighted by Crippen LogP contribution is 2.37. The number of nitrogens with two attached hydrogens (primary N) is 1. The summed E-state index contributed by atoms with van der Waals surface area (Å²) in [5, 5.41) is 0. The molecule has 1 aromatic carbocycles. The molecule has 2 N–H and O–H groups in total. The highest BCUT2D eigenvalue weighted by Gasteiger charge is 2.40. The van der Waals surface area contributed by atoms with Gasteiger partial charge in [-0.2, -0.15) is 0 Å². The smallest absolute Gasteiger partial charge is 0.231 e. The van der Waals surface area contributed by atoms with E-state index in [0.29, 0.717) is 12.6 Å². The lowest BCUT2D eigenvalue weighted by molar-refractivity contribution is -0.134. The Labute approximate surface area is 121 Å². The fraction of sp³-hybridized carbons (Fsp3) is 0.588. The second kappa shape index (κ2) is 5.96. The molecule has 108 valence electrons. The van der Waals surface area contributed by atoms with Crippen molar-refractivity contribution in [2.24, 2.45) is 11.7 Å². The van der Waals surface area contributed by atoms with Crippen molar-refractivity contribution >= 4 is 5.91 Å². The van der Waals surface area contributed by atoms with Crippen molar-refractivity contribution in [2.75, 3.05) is 13.1 Å². The molecular weight excluding hydrogens is 248 g/mol. The minimum atomic E-state index is -0.170. The summed E-state index contributed by atoms with van der Waals surface area (Å²) in [6.45, 7) is 1.33. The number of carbonyl (C=O) groups is 1. The number of amides is 1. The minimum Gasteiger partial charge on any atom is -0.339 e. The molecule has 20 heavy (non-hydrogen) atoms. The van der Waals surface area contributed by atoms with Crippen molar-refractivity contribution in [3.05, 3.63) is 35.9 Å². The number of fused-ring (bicyclic) bond motifs is 1. The third kappa shape index (κ3) is 2.47. The van der Waals surface area contributed by atoms with Crippen molar-refractivity contribution in [3.63, 3.8) is 0 Å². The van der Waals surface area contributed by atoms with Gasteiger partial charge in [-0.25, -0.2) is 0 Å². The molecule has 3 atom stereocenters. The molecule has 1 aliphatic heterocycles. The Morgan fingerprint density at radius 1 is 1.20 bits per heavy atom. The van der Waals surface area contributed by atoms with Gasteiger partial charge in [0.15, 0.2) is 0 Å². The molecule has 2 fully saturated rings. The summed E-state index contributed by atoms with van der Waals surface area (Å²) in [6, 6.07) is 10.5. The first kappa shape index (κ1) is 13.6. The first-order chi connectivity index (χ1) is 9.81. The zero-order chi connectivity index (χ0) is 13.9. The number of nitrogens with zero attached hydrogens (tertiary/aromatic N) is 1. The van der Waals surface area contributed by atoms with Crippen molar-refractivity contribution in [3.8, 4) is 0 Å². The molecule has 1 aliphatic carbocycles. The summed E-state index contributed by atoms with van der Waals surface area (Å²) in [5.41, 5.74) is 6.95. The van der Waals surface area contributed by atoms with E-state index in [9.17, 15) is 4.79 Å². The largest absolute Gasteiger partial charge is 0.339 e. The SMILES string of the molecule is NCC(C(=O)N1CCC2CCCCC21)c1ccccc1. The lowest BCUT2D eigenvalue weighted by atomic mass is 9.85. The second-order valence-corrected chi connectivity index (χ2v) is 6.13. The Morgan fingerprint density at radius 3 is 2.70 bits per heavy atom. The topological polar surface area (TPSA) is 46.3 Å². The Balaban J connectivity index is 1.77. The van der Waals surface area contributed by atoms with Crippen LogP contribution in [0.25, 0.3) is 0 Å². The summed E-state index contributed by atoms with van der Waals surface area (Å²) in [4.78, 5) is 15.0. The van der Waals surface area contributed by atoms with E-state index >= 15 is 0 Å². The van der Waals surface area contributed by atoms with Crippen LogP contribution in [0.5, 0.6) is 0 Å². The summed E-state index contributed by atoms with van der Waals surface area (Å²) in [7, 11) is 0. The van der Waals surface area contributed by atoms with Crippen LogP contribution in [-0.2, 0) is 4.79 Å². The van der Waals surface area contributed by atoms with E-state index < -0.39 is 0 Å². The van der Waals surface area contributed by atoms with Gasteiger partial charge in [-0.1, -0.05) is 43.2 Å². The van der Waals surface area contributed by atoms with Crippen LogP contribution in [-0.4, -0.2) is 29.9 Å². The van der Waals surface area contributed by atoms with Gasteiger partial charge < -0.3 is 10.6 Å². The van der Waals surface area contributed by atoms with E-state index in [1.807, 2.05) is 30.3 Å². The molecular formula is C17H24N2O. The van der Waals surface area contributed by atoms with Crippen molar-refractivity contribution in [1.29, 1.82) is 0 Å². The molecule has 3 rings (SSSR count). The summed E-state index contributed by atoms with van der Waals surface area (Å²) >= 11 is 0. The summed E-state index contributed by atoms with van der Waals surface area (Å²) in [6.07, 6.45) is 6.27. The van der Waals surface area contributed by atoms with Gasteiger partial charge >= 0.3 is 0 Å². The summed E-state index contributed by atoms with van der Waals surface area (Å²) in [5.74, 6) is 0.812. The van der Waals surface area contributed by atoms with Crippen molar-refractivity contribution < 1.29 is 4.79 Å². The van der Waals surface area contributed by atoms with Crippen LogP contribution in [0.15, 0.2) is 30.3 Å². The minimum absolute atomic E-state index is 0.170. The quantitative estimate of drug-likeness (QED) is 0.919. The predicted octanol–water partition coefficient (Wildman–Crippen LogP) is 2.52. The molecule has 3 unspecified atom stereocenters.